The molecule has 7 rings (SSSR count). The monoisotopic (exact) mass is 757 g/mol. The quantitative estimate of drug-likeness (QED) is 0.184. The van der Waals surface area contributed by atoms with Crippen LogP contribution in [0.5, 0.6) is 0 Å². The number of hydrogen-bond acceptors (Lipinski definition) is 5. The summed E-state index contributed by atoms with van der Waals surface area (Å²) in [7, 11) is -2.53. The summed E-state index contributed by atoms with van der Waals surface area (Å²) >= 11 is 0. The Balaban J connectivity index is 1.12. The molecule has 2 unspecified atom stereocenters. The van der Waals surface area contributed by atoms with Gasteiger partial charge >= 0.3 is 5.97 Å². The first-order valence-corrected chi connectivity index (χ1v) is 23.0. The number of rotatable bonds is 8. The van der Waals surface area contributed by atoms with E-state index >= 15 is 0 Å². The molecular weight excluding hydrogens is 684 g/mol. The summed E-state index contributed by atoms with van der Waals surface area (Å²) in [6.07, 6.45) is 17.1. The SMILES string of the molecule is C=C(C)[C@@H]1CC[C@]2(NCCN3CC(C)S(O)(O)C(C)C3)CC[C@]3(C)[C@H](CC[C@@H]4[C@@]5(C)CC=C(C6=CC[C@@](CF)(C(=O)O)CC6)C(C)(C)[C@@H]5CC[C@]43C)[C@@H]12. The first-order chi connectivity index (χ1) is 24.7. The number of carbonyl (C=O) groups is 1. The van der Waals surface area contributed by atoms with Crippen LogP contribution in [0.15, 0.2) is 35.5 Å². The maximum Gasteiger partial charge on any atom is 0.312 e. The third-order valence-electron chi connectivity index (χ3n) is 18.4. The van der Waals surface area contributed by atoms with E-state index in [0.717, 1.165) is 32.6 Å². The van der Waals surface area contributed by atoms with Crippen LogP contribution in [0.4, 0.5) is 4.39 Å². The van der Waals surface area contributed by atoms with Gasteiger partial charge in [-0.1, -0.05) is 58.9 Å². The van der Waals surface area contributed by atoms with Crippen LogP contribution in [0.25, 0.3) is 0 Å². The molecule has 0 bridgehead atoms. The van der Waals surface area contributed by atoms with E-state index in [9.17, 15) is 23.4 Å². The van der Waals surface area contributed by atoms with E-state index in [1.54, 1.807) is 0 Å². The Morgan fingerprint density at radius 1 is 0.925 bits per heavy atom. The summed E-state index contributed by atoms with van der Waals surface area (Å²) in [5.41, 5.74) is 3.64. The molecule has 5 fully saturated rings. The third kappa shape index (κ3) is 5.85. The van der Waals surface area contributed by atoms with Gasteiger partial charge in [0.1, 0.15) is 6.67 Å². The Kier molecular flexibility index (Phi) is 10.2. The van der Waals surface area contributed by atoms with Crippen molar-refractivity contribution < 1.29 is 23.4 Å². The van der Waals surface area contributed by atoms with Gasteiger partial charge < -0.3 is 10.4 Å². The van der Waals surface area contributed by atoms with Crippen molar-refractivity contribution in [3.05, 3.63) is 35.5 Å². The van der Waals surface area contributed by atoms with Gasteiger partial charge in [0, 0.05) is 31.7 Å². The highest BCUT2D eigenvalue weighted by molar-refractivity contribution is 8.25. The summed E-state index contributed by atoms with van der Waals surface area (Å²) in [6, 6.07) is 0. The van der Waals surface area contributed by atoms with Crippen LogP contribution in [-0.2, 0) is 4.79 Å². The second kappa shape index (κ2) is 13.5. The molecule has 0 radical (unpaired) electrons. The number of nitrogens with one attached hydrogen (secondary N) is 1. The molecule has 53 heavy (non-hydrogen) atoms. The lowest BCUT2D eigenvalue weighted by atomic mass is 9.33. The first-order valence-electron chi connectivity index (χ1n) is 21.3. The Morgan fingerprint density at radius 2 is 1.62 bits per heavy atom. The van der Waals surface area contributed by atoms with Crippen molar-refractivity contribution in [1.82, 2.24) is 10.2 Å². The van der Waals surface area contributed by atoms with Crippen LogP contribution in [0, 0.1) is 56.7 Å². The van der Waals surface area contributed by atoms with Crippen molar-refractivity contribution in [1.29, 1.82) is 0 Å². The van der Waals surface area contributed by atoms with Crippen LogP contribution in [0.1, 0.15) is 132 Å². The van der Waals surface area contributed by atoms with Crippen LogP contribution < -0.4 is 5.32 Å². The largest absolute Gasteiger partial charge is 0.481 e. The van der Waals surface area contributed by atoms with Gasteiger partial charge in [-0.05, 0) is 160 Å². The predicted molar refractivity (Wildman–Crippen MR) is 217 cm³/mol. The topological polar surface area (TPSA) is 93.0 Å². The van der Waals surface area contributed by atoms with Gasteiger partial charge in [0.15, 0.2) is 0 Å². The molecule has 6 aliphatic carbocycles. The smallest absolute Gasteiger partial charge is 0.312 e. The van der Waals surface area contributed by atoms with Gasteiger partial charge in [0.05, 0.1) is 15.9 Å². The van der Waals surface area contributed by atoms with Crippen molar-refractivity contribution in [2.45, 2.75) is 148 Å². The molecule has 0 aromatic heterocycles. The number of hydrogen-bond donors (Lipinski definition) is 4. The molecular formula is C45H73FN2O4S. The minimum Gasteiger partial charge on any atom is -0.481 e. The first kappa shape index (κ1) is 40.0. The Labute approximate surface area is 322 Å². The van der Waals surface area contributed by atoms with Crippen LogP contribution in [-0.4, -0.2) is 74.0 Å². The van der Waals surface area contributed by atoms with Gasteiger partial charge in [-0.2, -0.15) is 10.6 Å². The zero-order valence-electron chi connectivity index (χ0n) is 34.4. The number of fused-ring (bicyclic) bond motifs is 7. The maximum atomic E-state index is 14.0. The zero-order valence-corrected chi connectivity index (χ0v) is 35.2. The van der Waals surface area contributed by atoms with E-state index in [1.807, 2.05) is 13.8 Å². The van der Waals surface area contributed by atoms with Crippen molar-refractivity contribution in [2.75, 3.05) is 32.9 Å². The minimum atomic E-state index is -2.53. The molecule has 8 heteroatoms. The minimum absolute atomic E-state index is 0.0138. The fraction of sp³-hybridized carbons (Fsp3) is 0.844. The molecule has 0 amide bonds. The van der Waals surface area contributed by atoms with Crippen LogP contribution in [0.2, 0.25) is 0 Å². The highest BCUT2D eigenvalue weighted by atomic mass is 32.3. The molecule has 7 aliphatic rings. The summed E-state index contributed by atoms with van der Waals surface area (Å²) in [5, 5.41) is 13.9. The van der Waals surface area contributed by atoms with E-state index in [4.69, 9.17) is 0 Å². The predicted octanol–water partition coefficient (Wildman–Crippen LogP) is 10.5. The zero-order chi connectivity index (χ0) is 38.6. The summed E-state index contributed by atoms with van der Waals surface area (Å²) in [4.78, 5) is 14.5. The van der Waals surface area contributed by atoms with E-state index in [2.05, 4.69) is 70.5 Å². The molecule has 0 spiro atoms. The van der Waals surface area contributed by atoms with Crippen LogP contribution in [0.3, 0.4) is 0 Å². The Morgan fingerprint density at radius 3 is 2.23 bits per heavy atom. The molecule has 0 aromatic carbocycles. The fourth-order valence-electron chi connectivity index (χ4n) is 15.2. The molecule has 1 heterocycles. The van der Waals surface area contributed by atoms with Crippen LogP contribution >= 0.6 is 10.6 Å². The Hall–Kier alpha value is -1.19. The molecule has 4 N–H and O–H groups in total. The lowest BCUT2D eigenvalue weighted by Crippen LogP contribution is -2.68. The standard InChI is InChI=1S/C45H73FN2O4S/c1-29(2)33-14-21-45(47-24-25-48-26-30(3)53(51,52)31(4)27-48)23-22-42(8)35(38(33)45)10-11-37-41(7)17-15-34(40(5,6)36(41)16-18-43(37,42)9)32-12-19-44(28-46,20-13-32)39(49)50/h12,15,30-31,33,35-38,47,51-52H,1,10-11,13-14,16-28H2,2-9H3,(H,49,50)/t30?,31?,33-,35+,36-,37+,38+,41-,42+,43+,44+,45-/m0/s1. The summed E-state index contributed by atoms with van der Waals surface area (Å²) in [6.45, 7) is 26.5. The highest BCUT2D eigenvalue weighted by Crippen LogP contribution is 2.76. The number of carboxylic acid groups (broad SMARTS) is 1. The average molecular weight is 757 g/mol. The molecule has 6 nitrogen and oxygen atoms in total. The molecule has 0 aromatic rings. The number of alkyl halides is 1. The lowest BCUT2D eigenvalue weighted by molar-refractivity contribution is -0.221. The van der Waals surface area contributed by atoms with E-state index < -0.39 is 28.6 Å². The molecule has 12 atom stereocenters. The van der Waals surface area contributed by atoms with E-state index in [-0.39, 0.29) is 44.1 Å². The van der Waals surface area contributed by atoms with Gasteiger partial charge in [-0.3, -0.25) is 18.8 Å². The number of halogens is 1. The maximum absolute atomic E-state index is 14.0. The molecule has 4 saturated carbocycles. The van der Waals surface area contributed by atoms with E-state index in [0.29, 0.717) is 42.4 Å². The normalized spacial score (nSPS) is 48.2. The van der Waals surface area contributed by atoms with Crippen molar-refractivity contribution in [2.24, 2.45) is 56.7 Å². The van der Waals surface area contributed by atoms with Gasteiger partial charge in [-0.15, -0.1) is 0 Å². The van der Waals surface area contributed by atoms with Gasteiger partial charge in [-0.25, -0.2) is 4.39 Å². The third-order valence-corrected chi connectivity index (χ3v) is 21.1. The second-order valence-electron chi connectivity index (χ2n) is 21.0. The lowest BCUT2D eigenvalue weighted by Gasteiger charge is -2.72. The Bertz CT molecular complexity index is 1530. The second-order valence-corrected chi connectivity index (χ2v) is 23.9. The van der Waals surface area contributed by atoms with Crippen molar-refractivity contribution in [3.8, 4) is 0 Å². The number of nitrogens with zero attached hydrogens (tertiary/aromatic N) is 1. The van der Waals surface area contributed by atoms with Gasteiger partial charge in [0.2, 0.25) is 0 Å². The molecule has 1 saturated heterocycles. The van der Waals surface area contributed by atoms with Crippen molar-refractivity contribution >= 4 is 16.6 Å². The number of carboxylic acids is 1. The summed E-state index contributed by atoms with van der Waals surface area (Å²) in [5.74, 6) is 2.04. The number of aliphatic carboxylic acids is 1. The fourth-order valence-corrected chi connectivity index (χ4v) is 16.8. The highest BCUT2D eigenvalue weighted by Gasteiger charge is 2.70. The van der Waals surface area contributed by atoms with E-state index in [1.165, 1.54) is 68.1 Å². The van der Waals surface area contributed by atoms with Gasteiger partial charge in [0.25, 0.3) is 0 Å². The average Bonchev–Trinajstić information content (AvgIpc) is 3.47. The molecule has 1 aliphatic heterocycles. The van der Waals surface area contributed by atoms with Crippen molar-refractivity contribution in [3.63, 3.8) is 0 Å². The molecule has 300 valence electrons. The number of allylic oxidation sites excluding steroid dienone is 5. The summed E-state index contributed by atoms with van der Waals surface area (Å²) < 4.78 is 35.3.